The van der Waals surface area contributed by atoms with Gasteiger partial charge in [0.2, 0.25) is 5.91 Å². The molecule has 140 valence electrons. The predicted molar refractivity (Wildman–Crippen MR) is 109 cm³/mol. The number of amides is 1. The lowest BCUT2D eigenvalue weighted by Crippen LogP contribution is -2.35. The number of aromatic nitrogens is 2. The highest BCUT2D eigenvalue weighted by Crippen LogP contribution is 2.23. The first-order valence-electron chi connectivity index (χ1n) is 8.44. The molecule has 0 aliphatic carbocycles. The van der Waals surface area contributed by atoms with Crippen LogP contribution < -0.4 is 5.56 Å². The Labute approximate surface area is 167 Å². The van der Waals surface area contributed by atoms with Gasteiger partial charge in [-0.05, 0) is 44.2 Å². The number of halogens is 2. The molecule has 0 unspecified atom stereocenters. The molecule has 3 aromatic rings. The van der Waals surface area contributed by atoms with Gasteiger partial charge in [0, 0.05) is 12.1 Å². The fraction of sp³-hybridized carbons (Fsp3) is 0.250. The molecule has 3 rings (SSSR count). The first-order valence-corrected chi connectivity index (χ1v) is 9.35. The lowest BCUT2D eigenvalue weighted by molar-refractivity contribution is -0.129. The highest BCUT2D eigenvalue weighted by molar-refractivity contribution is 6.31. The SMILES string of the molecule is Cc1ccc(-n2c([C@H](C)N(C)C(=O)CCl)nc3cc(Cl)ccc3c2=O)cc1. The summed E-state index contributed by atoms with van der Waals surface area (Å²) < 4.78 is 1.54. The maximum Gasteiger partial charge on any atom is 0.266 e. The van der Waals surface area contributed by atoms with Gasteiger partial charge in [-0.25, -0.2) is 4.98 Å². The van der Waals surface area contributed by atoms with Crippen LogP contribution in [0, 0.1) is 6.92 Å². The molecule has 1 atom stereocenters. The van der Waals surface area contributed by atoms with Gasteiger partial charge in [0.25, 0.3) is 5.56 Å². The van der Waals surface area contributed by atoms with Crippen molar-refractivity contribution in [2.45, 2.75) is 19.9 Å². The lowest BCUT2D eigenvalue weighted by atomic mass is 10.1. The van der Waals surface area contributed by atoms with Crippen LogP contribution in [-0.4, -0.2) is 33.3 Å². The van der Waals surface area contributed by atoms with Gasteiger partial charge >= 0.3 is 0 Å². The Morgan fingerprint density at radius 2 is 1.89 bits per heavy atom. The van der Waals surface area contributed by atoms with E-state index in [2.05, 4.69) is 4.98 Å². The van der Waals surface area contributed by atoms with E-state index in [-0.39, 0.29) is 17.3 Å². The van der Waals surface area contributed by atoms with E-state index in [0.717, 1.165) is 5.56 Å². The van der Waals surface area contributed by atoms with Crippen molar-refractivity contribution in [3.63, 3.8) is 0 Å². The molecule has 0 saturated heterocycles. The summed E-state index contributed by atoms with van der Waals surface area (Å²) in [7, 11) is 1.64. The Morgan fingerprint density at radius 1 is 1.22 bits per heavy atom. The van der Waals surface area contributed by atoms with Gasteiger partial charge in [-0.1, -0.05) is 29.3 Å². The van der Waals surface area contributed by atoms with Gasteiger partial charge in [-0.3, -0.25) is 14.2 Å². The quantitative estimate of drug-likeness (QED) is 0.615. The Kier molecular flexibility index (Phi) is 5.53. The number of aryl methyl sites for hydroxylation is 1. The third kappa shape index (κ3) is 3.70. The standard InChI is InChI=1S/C20H19Cl2N3O2/c1-12-4-7-15(8-5-12)25-19(13(2)24(3)18(26)11-21)23-17-10-14(22)6-9-16(17)20(25)27/h4-10,13H,11H2,1-3H3/t13-/m0/s1. The summed E-state index contributed by atoms with van der Waals surface area (Å²) in [6, 6.07) is 12.1. The molecule has 0 N–H and O–H groups in total. The van der Waals surface area contributed by atoms with Crippen LogP contribution >= 0.6 is 23.2 Å². The van der Waals surface area contributed by atoms with Gasteiger partial charge in [0.1, 0.15) is 11.7 Å². The van der Waals surface area contributed by atoms with E-state index in [9.17, 15) is 9.59 Å². The summed E-state index contributed by atoms with van der Waals surface area (Å²) >= 11 is 11.8. The Hall–Kier alpha value is -2.37. The van der Waals surface area contributed by atoms with Crippen molar-refractivity contribution in [1.29, 1.82) is 0 Å². The van der Waals surface area contributed by atoms with Crippen LogP contribution in [0.2, 0.25) is 5.02 Å². The molecule has 2 aromatic carbocycles. The second kappa shape index (κ2) is 7.71. The highest BCUT2D eigenvalue weighted by Gasteiger charge is 2.23. The number of hydrogen-bond acceptors (Lipinski definition) is 3. The van der Waals surface area contributed by atoms with Crippen molar-refractivity contribution < 1.29 is 4.79 Å². The number of carbonyl (C=O) groups excluding carboxylic acids is 1. The monoisotopic (exact) mass is 403 g/mol. The minimum absolute atomic E-state index is 0.144. The van der Waals surface area contributed by atoms with Crippen molar-refractivity contribution in [1.82, 2.24) is 14.5 Å². The largest absolute Gasteiger partial charge is 0.335 e. The van der Waals surface area contributed by atoms with Gasteiger partial charge < -0.3 is 4.90 Å². The molecule has 5 nitrogen and oxygen atoms in total. The van der Waals surface area contributed by atoms with E-state index in [1.165, 1.54) is 4.90 Å². The van der Waals surface area contributed by atoms with E-state index < -0.39 is 6.04 Å². The maximum absolute atomic E-state index is 13.3. The summed E-state index contributed by atoms with van der Waals surface area (Å²) in [6.07, 6.45) is 0. The van der Waals surface area contributed by atoms with Crippen LogP contribution in [0.25, 0.3) is 16.6 Å². The molecule has 27 heavy (non-hydrogen) atoms. The number of hydrogen-bond donors (Lipinski definition) is 0. The fourth-order valence-electron chi connectivity index (χ4n) is 2.88. The van der Waals surface area contributed by atoms with Gasteiger partial charge in [0.15, 0.2) is 0 Å². The minimum Gasteiger partial charge on any atom is -0.335 e. The first kappa shape index (κ1) is 19.4. The summed E-state index contributed by atoms with van der Waals surface area (Å²) in [5.74, 6) is 0.0503. The first-order chi connectivity index (χ1) is 12.8. The molecule has 7 heteroatoms. The maximum atomic E-state index is 13.3. The van der Waals surface area contributed by atoms with Gasteiger partial charge in [0.05, 0.1) is 22.6 Å². The van der Waals surface area contributed by atoms with E-state index in [4.69, 9.17) is 23.2 Å². The van der Waals surface area contributed by atoms with E-state index in [1.54, 1.807) is 29.8 Å². The van der Waals surface area contributed by atoms with Crippen LogP contribution in [0.1, 0.15) is 24.4 Å². The molecule has 1 amide bonds. The molecule has 0 radical (unpaired) electrons. The van der Waals surface area contributed by atoms with Crippen molar-refractivity contribution >= 4 is 40.0 Å². The number of fused-ring (bicyclic) bond motifs is 1. The summed E-state index contributed by atoms with van der Waals surface area (Å²) in [5, 5.41) is 0.952. The third-order valence-corrected chi connectivity index (χ3v) is 5.08. The zero-order valence-corrected chi connectivity index (χ0v) is 16.8. The van der Waals surface area contributed by atoms with Crippen molar-refractivity contribution in [2.24, 2.45) is 0 Å². The summed E-state index contributed by atoms with van der Waals surface area (Å²) in [4.78, 5) is 31.5. The lowest BCUT2D eigenvalue weighted by Gasteiger charge is -2.26. The Morgan fingerprint density at radius 3 is 2.52 bits per heavy atom. The van der Waals surface area contributed by atoms with Crippen LogP contribution in [0.3, 0.4) is 0 Å². The number of carbonyl (C=O) groups is 1. The zero-order chi connectivity index (χ0) is 19.7. The summed E-state index contributed by atoms with van der Waals surface area (Å²) in [5.41, 5.74) is 2.04. The molecular formula is C20H19Cl2N3O2. The minimum atomic E-state index is -0.464. The van der Waals surface area contributed by atoms with Crippen LogP contribution in [0.15, 0.2) is 47.3 Å². The van der Waals surface area contributed by atoms with Crippen LogP contribution in [-0.2, 0) is 4.79 Å². The van der Waals surface area contributed by atoms with Crippen molar-refractivity contribution in [3.05, 3.63) is 69.2 Å². The topological polar surface area (TPSA) is 55.2 Å². The van der Waals surface area contributed by atoms with Crippen molar-refractivity contribution in [2.75, 3.05) is 12.9 Å². The second-order valence-corrected chi connectivity index (χ2v) is 7.13. The number of rotatable bonds is 4. The average Bonchev–Trinajstić information content (AvgIpc) is 2.66. The molecule has 1 aromatic heterocycles. The number of alkyl halides is 1. The number of benzene rings is 2. The molecule has 1 heterocycles. The molecule has 0 fully saturated rings. The van der Waals surface area contributed by atoms with Crippen LogP contribution in [0.4, 0.5) is 0 Å². The molecule has 0 bridgehead atoms. The van der Waals surface area contributed by atoms with Crippen molar-refractivity contribution in [3.8, 4) is 5.69 Å². The smallest absolute Gasteiger partial charge is 0.266 e. The molecule has 0 saturated carbocycles. The average molecular weight is 404 g/mol. The normalized spacial score (nSPS) is 12.2. The van der Waals surface area contributed by atoms with Crippen LogP contribution in [0.5, 0.6) is 0 Å². The van der Waals surface area contributed by atoms with E-state index in [0.29, 0.717) is 27.4 Å². The summed E-state index contributed by atoms with van der Waals surface area (Å²) in [6.45, 7) is 3.79. The molecule has 0 spiro atoms. The van der Waals surface area contributed by atoms with E-state index >= 15 is 0 Å². The van der Waals surface area contributed by atoms with Gasteiger partial charge in [-0.15, -0.1) is 11.6 Å². The molecule has 0 aliphatic rings. The molecule has 0 aliphatic heterocycles. The number of nitrogens with zero attached hydrogens (tertiary/aromatic N) is 3. The second-order valence-electron chi connectivity index (χ2n) is 6.42. The molecular weight excluding hydrogens is 385 g/mol. The van der Waals surface area contributed by atoms with Gasteiger partial charge in [-0.2, -0.15) is 0 Å². The predicted octanol–water partition coefficient (Wildman–Crippen LogP) is 4.11. The highest BCUT2D eigenvalue weighted by atomic mass is 35.5. The van der Waals surface area contributed by atoms with E-state index in [1.807, 2.05) is 38.1 Å². The third-order valence-electron chi connectivity index (χ3n) is 4.61. The fourth-order valence-corrected chi connectivity index (χ4v) is 3.24. The Bertz CT molecular complexity index is 1060. The zero-order valence-electron chi connectivity index (χ0n) is 15.2. The Balaban J connectivity index is 2.31.